The zero-order chi connectivity index (χ0) is 22.1. The van der Waals surface area contributed by atoms with Gasteiger partial charge in [-0.3, -0.25) is 4.99 Å². The Bertz CT molecular complexity index is 1030. The van der Waals surface area contributed by atoms with Crippen LogP contribution >= 0.6 is 0 Å². The monoisotopic (exact) mass is 424 g/mol. The number of hydrogen-bond acceptors (Lipinski definition) is 5. The van der Waals surface area contributed by atoms with Gasteiger partial charge in [0, 0.05) is 43.7 Å². The topological polar surface area (TPSA) is 77.0 Å². The second kappa shape index (κ2) is 10.8. The quantitative estimate of drug-likeness (QED) is 0.406. The minimum atomic E-state index is -0.359. The molecule has 1 heterocycles. The summed E-state index contributed by atoms with van der Waals surface area (Å²) in [6, 6.07) is 15.1. The summed E-state index contributed by atoms with van der Waals surface area (Å²) >= 11 is 0. The van der Waals surface area contributed by atoms with Gasteiger partial charge in [-0.05, 0) is 36.8 Å². The molecule has 0 spiro atoms. The average molecular weight is 424 g/mol. The molecule has 0 radical (unpaired) electrons. The van der Waals surface area contributed by atoms with Crippen LogP contribution in [0.25, 0.3) is 0 Å². The van der Waals surface area contributed by atoms with Gasteiger partial charge in [0.2, 0.25) is 5.88 Å². The zero-order valence-electron chi connectivity index (χ0n) is 17.7. The lowest BCUT2D eigenvalue weighted by Crippen LogP contribution is -2.30. The van der Waals surface area contributed by atoms with E-state index in [0.717, 1.165) is 11.3 Å². The molecule has 0 aliphatic carbocycles. The van der Waals surface area contributed by atoms with E-state index in [1.807, 2.05) is 31.2 Å². The Labute approximate surface area is 180 Å². The van der Waals surface area contributed by atoms with Gasteiger partial charge in [-0.25, -0.2) is 9.37 Å². The van der Waals surface area contributed by atoms with Crippen molar-refractivity contribution in [2.24, 2.45) is 4.99 Å². The van der Waals surface area contributed by atoms with E-state index in [1.165, 1.54) is 12.1 Å². The summed E-state index contributed by atoms with van der Waals surface area (Å²) in [5.74, 6) is 2.34. The van der Waals surface area contributed by atoms with Crippen LogP contribution in [0.4, 0.5) is 10.1 Å². The number of guanidine groups is 1. The van der Waals surface area contributed by atoms with Crippen LogP contribution in [0.3, 0.4) is 0 Å². The Morgan fingerprint density at radius 2 is 1.97 bits per heavy atom. The zero-order valence-corrected chi connectivity index (χ0v) is 17.7. The molecular weight excluding hydrogens is 399 g/mol. The number of anilines is 1. The molecule has 8 heteroatoms. The summed E-state index contributed by atoms with van der Waals surface area (Å²) < 4.78 is 29.7. The van der Waals surface area contributed by atoms with Crippen LogP contribution < -0.4 is 24.8 Å². The molecule has 0 fully saturated rings. The Morgan fingerprint density at radius 1 is 1.10 bits per heavy atom. The van der Waals surface area contributed by atoms with E-state index in [0.29, 0.717) is 42.2 Å². The molecule has 0 aliphatic rings. The van der Waals surface area contributed by atoms with E-state index in [-0.39, 0.29) is 5.82 Å². The Morgan fingerprint density at radius 3 is 2.65 bits per heavy atom. The highest BCUT2D eigenvalue weighted by Crippen LogP contribution is 2.30. The van der Waals surface area contributed by atoms with Crippen LogP contribution in [0.15, 0.2) is 65.8 Å². The van der Waals surface area contributed by atoms with E-state index < -0.39 is 0 Å². The molecule has 31 heavy (non-hydrogen) atoms. The predicted octanol–water partition coefficient (Wildman–Crippen LogP) is 4.61. The second-order valence-corrected chi connectivity index (χ2v) is 6.41. The van der Waals surface area contributed by atoms with E-state index in [1.54, 1.807) is 38.6 Å². The Hall–Kier alpha value is -3.81. The number of nitrogens with zero attached hydrogens (tertiary/aromatic N) is 2. The summed E-state index contributed by atoms with van der Waals surface area (Å²) in [6.07, 6.45) is 1.69. The lowest BCUT2D eigenvalue weighted by Gasteiger charge is -2.15. The van der Waals surface area contributed by atoms with E-state index in [4.69, 9.17) is 14.2 Å². The number of benzene rings is 2. The first kappa shape index (κ1) is 21.9. The van der Waals surface area contributed by atoms with Gasteiger partial charge in [0.25, 0.3) is 0 Å². The number of ether oxygens (including phenoxy) is 3. The third-order valence-electron chi connectivity index (χ3n) is 4.23. The van der Waals surface area contributed by atoms with Crippen molar-refractivity contribution in [1.82, 2.24) is 10.3 Å². The lowest BCUT2D eigenvalue weighted by atomic mass is 10.2. The number of halogens is 1. The first-order valence-corrected chi connectivity index (χ1v) is 9.78. The van der Waals surface area contributed by atoms with Gasteiger partial charge in [-0.15, -0.1) is 0 Å². The van der Waals surface area contributed by atoms with Crippen molar-refractivity contribution >= 4 is 11.6 Å². The van der Waals surface area contributed by atoms with Crippen LogP contribution in [-0.4, -0.2) is 31.7 Å². The third kappa shape index (κ3) is 6.33. The maximum atomic E-state index is 13.3. The fourth-order valence-corrected chi connectivity index (χ4v) is 2.75. The highest BCUT2D eigenvalue weighted by Gasteiger charge is 2.07. The maximum absolute atomic E-state index is 13.3. The van der Waals surface area contributed by atoms with Crippen molar-refractivity contribution < 1.29 is 18.6 Å². The number of rotatable bonds is 8. The minimum Gasteiger partial charge on any atom is -0.493 e. The van der Waals surface area contributed by atoms with E-state index in [9.17, 15) is 4.39 Å². The van der Waals surface area contributed by atoms with Crippen LogP contribution in [0.2, 0.25) is 0 Å². The molecular formula is C23H25FN4O3. The number of hydrogen-bond donors (Lipinski definition) is 2. The molecule has 162 valence electrons. The number of aliphatic imine (C=N–C) groups is 1. The normalized spacial score (nSPS) is 11.0. The van der Waals surface area contributed by atoms with Crippen molar-refractivity contribution in [2.45, 2.75) is 13.5 Å². The maximum Gasteiger partial charge on any atom is 0.219 e. The molecule has 0 saturated carbocycles. The van der Waals surface area contributed by atoms with Crippen molar-refractivity contribution in [3.63, 3.8) is 0 Å². The van der Waals surface area contributed by atoms with Crippen molar-refractivity contribution in [2.75, 3.05) is 26.1 Å². The predicted molar refractivity (Wildman–Crippen MR) is 119 cm³/mol. The minimum absolute atomic E-state index is 0.359. The number of pyridine rings is 1. The van der Waals surface area contributed by atoms with Gasteiger partial charge >= 0.3 is 0 Å². The van der Waals surface area contributed by atoms with Gasteiger partial charge in [0.05, 0.1) is 13.7 Å². The van der Waals surface area contributed by atoms with Crippen molar-refractivity contribution in [3.05, 3.63) is 72.2 Å². The molecule has 0 aliphatic heterocycles. The van der Waals surface area contributed by atoms with Gasteiger partial charge in [0.15, 0.2) is 17.5 Å². The molecule has 7 nitrogen and oxygen atoms in total. The SMILES string of the molecule is CCOc1cc(NC(=NC)NCc2ccc(Oc3cccc(F)c3)nc2)ccc1OC. The highest BCUT2D eigenvalue weighted by molar-refractivity contribution is 5.93. The fourth-order valence-electron chi connectivity index (χ4n) is 2.75. The summed E-state index contributed by atoms with van der Waals surface area (Å²) in [4.78, 5) is 8.51. The number of aromatic nitrogens is 1. The van der Waals surface area contributed by atoms with Crippen molar-refractivity contribution in [3.8, 4) is 23.1 Å². The first-order chi connectivity index (χ1) is 15.1. The molecule has 0 saturated heterocycles. The van der Waals surface area contributed by atoms with Crippen molar-refractivity contribution in [1.29, 1.82) is 0 Å². The molecule has 0 amide bonds. The van der Waals surface area contributed by atoms with E-state index in [2.05, 4.69) is 20.6 Å². The van der Waals surface area contributed by atoms with Gasteiger partial charge in [0.1, 0.15) is 11.6 Å². The largest absolute Gasteiger partial charge is 0.493 e. The lowest BCUT2D eigenvalue weighted by molar-refractivity contribution is 0.311. The van der Waals surface area contributed by atoms with Gasteiger partial charge in [-0.1, -0.05) is 12.1 Å². The van der Waals surface area contributed by atoms with Crippen LogP contribution in [0, 0.1) is 5.82 Å². The molecule has 0 atom stereocenters. The smallest absolute Gasteiger partial charge is 0.219 e. The molecule has 0 unspecified atom stereocenters. The Kier molecular flexibility index (Phi) is 7.64. The first-order valence-electron chi connectivity index (χ1n) is 9.78. The third-order valence-corrected chi connectivity index (χ3v) is 4.23. The summed E-state index contributed by atoms with van der Waals surface area (Å²) in [5, 5.41) is 6.45. The molecule has 2 N–H and O–H groups in total. The van der Waals surface area contributed by atoms with E-state index >= 15 is 0 Å². The highest BCUT2D eigenvalue weighted by atomic mass is 19.1. The summed E-state index contributed by atoms with van der Waals surface area (Å²) in [7, 11) is 3.30. The Balaban J connectivity index is 1.57. The molecule has 3 aromatic rings. The summed E-state index contributed by atoms with van der Waals surface area (Å²) in [5.41, 5.74) is 1.74. The van der Waals surface area contributed by atoms with Gasteiger partial charge < -0.3 is 24.8 Å². The van der Waals surface area contributed by atoms with Crippen LogP contribution in [-0.2, 0) is 6.54 Å². The molecule has 2 aromatic carbocycles. The standard InChI is InChI=1S/C23H25FN4O3/c1-4-30-21-13-18(9-10-20(21)29-3)28-23(25-2)27-15-16-8-11-22(26-14-16)31-19-7-5-6-17(24)12-19/h5-14H,4,15H2,1-3H3,(H2,25,27,28). The molecule has 1 aromatic heterocycles. The van der Waals surface area contributed by atoms with Crippen LogP contribution in [0.1, 0.15) is 12.5 Å². The fraction of sp³-hybridized carbons (Fsp3) is 0.217. The molecule has 3 rings (SSSR count). The second-order valence-electron chi connectivity index (χ2n) is 6.41. The van der Waals surface area contributed by atoms with Crippen LogP contribution in [0.5, 0.6) is 23.1 Å². The number of nitrogens with one attached hydrogen (secondary N) is 2. The number of methoxy groups -OCH3 is 1. The molecule has 0 bridgehead atoms. The van der Waals surface area contributed by atoms with Gasteiger partial charge in [-0.2, -0.15) is 0 Å². The summed E-state index contributed by atoms with van der Waals surface area (Å²) in [6.45, 7) is 2.96. The average Bonchev–Trinajstić information content (AvgIpc) is 2.78.